The zero-order valence-corrected chi connectivity index (χ0v) is 17.7. The lowest BCUT2D eigenvalue weighted by molar-refractivity contribution is 0.296. The van der Waals surface area contributed by atoms with Crippen molar-refractivity contribution in [3.8, 4) is 17.4 Å². The summed E-state index contributed by atoms with van der Waals surface area (Å²) in [5.41, 5.74) is 0.984. The highest BCUT2D eigenvalue weighted by atomic mass is 32.2. The lowest BCUT2D eigenvalue weighted by Crippen LogP contribution is -2.21. The van der Waals surface area contributed by atoms with Crippen LogP contribution in [0.1, 0.15) is 13.3 Å². The Morgan fingerprint density at radius 3 is 2.57 bits per heavy atom. The molecule has 0 saturated carbocycles. The van der Waals surface area contributed by atoms with Crippen LogP contribution < -0.4 is 19.5 Å². The molecule has 0 amide bonds. The SMILES string of the molecule is CCCNCCOc1ccc(NS(=O)(=O)c2ccc(-n3cccn3)cc2)c(OC)n1. The quantitative estimate of drug-likeness (QED) is 0.449. The van der Waals surface area contributed by atoms with Gasteiger partial charge in [0.1, 0.15) is 12.3 Å². The summed E-state index contributed by atoms with van der Waals surface area (Å²) in [6, 6.07) is 11.3. The van der Waals surface area contributed by atoms with E-state index in [0.29, 0.717) is 19.0 Å². The Bertz CT molecular complexity index is 1040. The fourth-order valence-electron chi connectivity index (χ4n) is 2.67. The monoisotopic (exact) mass is 431 g/mol. The van der Waals surface area contributed by atoms with Crippen LogP contribution in [-0.2, 0) is 10.0 Å². The fraction of sp³-hybridized carbons (Fsp3) is 0.300. The van der Waals surface area contributed by atoms with E-state index in [1.54, 1.807) is 47.4 Å². The number of sulfonamides is 1. The molecule has 0 saturated heterocycles. The molecule has 0 unspecified atom stereocenters. The predicted octanol–water partition coefficient (Wildman–Crippen LogP) is 2.46. The minimum atomic E-state index is -3.82. The van der Waals surface area contributed by atoms with Crippen LogP contribution in [0.25, 0.3) is 5.69 Å². The Labute approximate surface area is 176 Å². The molecule has 0 aliphatic heterocycles. The Morgan fingerprint density at radius 2 is 1.90 bits per heavy atom. The van der Waals surface area contributed by atoms with Gasteiger partial charge in [0.15, 0.2) is 0 Å². The number of nitrogens with zero attached hydrogens (tertiary/aromatic N) is 3. The van der Waals surface area contributed by atoms with Crippen LogP contribution >= 0.6 is 0 Å². The smallest absolute Gasteiger partial charge is 0.262 e. The maximum absolute atomic E-state index is 12.8. The molecule has 9 nitrogen and oxygen atoms in total. The van der Waals surface area contributed by atoms with Gasteiger partial charge in [-0.15, -0.1) is 0 Å². The summed E-state index contributed by atoms with van der Waals surface area (Å²) in [6.07, 6.45) is 4.48. The van der Waals surface area contributed by atoms with Gasteiger partial charge in [-0.05, 0) is 49.4 Å². The van der Waals surface area contributed by atoms with E-state index in [1.165, 1.54) is 19.2 Å². The molecule has 0 aliphatic rings. The van der Waals surface area contributed by atoms with Gasteiger partial charge in [-0.1, -0.05) is 6.92 Å². The van der Waals surface area contributed by atoms with Crippen LogP contribution in [0.2, 0.25) is 0 Å². The number of hydrogen-bond donors (Lipinski definition) is 2. The van der Waals surface area contributed by atoms with Crippen molar-refractivity contribution >= 4 is 15.7 Å². The third kappa shape index (κ3) is 5.49. The van der Waals surface area contributed by atoms with Crippen LogP contribution in [0.4, 0.5) is 5.69 Å². The topological polar surface area (TPSA) is 107 Å². The van der Waals surface area contributed by atoms with E-state index < -0.39 is 10.0 Å². The molecule has 3 aromatic rings. The van der Waals surface area contributed by atoms with Crippen LogP contribution in [-0.4, -0.2) is 50.0 Å². The number of nitrogens with one attached hydrogen (secondary N) is 2. The second-order valence-electron chi connectivity index (χ2n) is 6.35. The van der Waals surface area contributed by atoms with Crippen molar-refractivity contribution in [1.82, 2.24) is 20.1 Å². The average molecular weight is 432 g/mol. The highest BCUT2D eigenvalue weighted by Gasteiger charge is 2.18. The molecule has 10 heteroatoms. The van der Waals surface area contributed by atoms with Gasteiger partial charge in [0.2, 0.25) is 11.8 Å². The number of anilines is 1. The molecular formula is C20H25N5O4S. The highest BCUT2D eigenvalue weighted by Crippen LogP contribution is 2.27. The van der Waals surface area contributed by atoms with Crippen LogP contribution in [0.5, 0.6) is 11.8 Å². The zero-order valence-electron chi connectivity index (χ0n) is 16.9. The largest absolute Gasteiger partial charge is 0.479 e. The Morgan fingerprint density at radius 1 is 1.10 bits per heavy atom. The van der Waals surface area contributed by atoms with Crippen molar-refractivity contribution in [2.24, 2.45) is 0 Å². The normalized spacial score (nSPS) is 11.3. The number of methoxy groups -OCH3 is 1. The third-order valence-corrected chi connectivity index (χ3v) is 5.53. The van der Waals surface area contributed by atoms with Crippen LogP contribution in [0.3, 0.4) is 0 Å². The molecule has 160 valence electrons. The van der Waals surface area contributed by atoms with Gasteiger partial charge in [0.25, 0.3) is 10.0 Å². The molecule has 0 fully saturated rings. The molecule has 0 radical (unpaired) electrons. The standard InChI is InChI=1S/C20H25N5O4S/c1-3-11-21-13-15-29-19-10-9-18(20(23-19)28-2)24-30(26,27)17-7-5-16(6-8-17)25-14-4-12-22-25/h4-10,12,14,21,24H,3,11,13,15H2,1-2H3. The molecule has 0 atom stereocenters. The van der Waals surface area contributed by atoms with Crippen molar-refractivity contribution < 1.29 is 17.9 Å². The first-order chi connectivity index (χ1) is 14.5. The van der Waals surface area contributed by atoms with Crippen molar-refractivity contribution in [1.29, 1.82) is 0 Å². The predicted molar refractivity (Wildman–Crippen MR) is 114 cm³/mol. The molecule has 2 N–H and O–H groups in total. The number of ether oxygens (including phenoxy) is 2. The number of pyridine rings is 1. The molecule has 1 aromatic carbocycles. The van der Waals surface area contributed by atoms with Crippen molar-refractivity contribution in [2.75, 3.05) is 31.5 Å². The van der Waals surface area contributed by atoms with Gasteiger partial charge in [-0.3, -0.25) is 4.72 Å². The molecular weight excluding hydrogens is 406 g/mol. The van der Waals surface area contributed by atoms with E-state index in [9.17, 15) is 8.42 Å². The molecule has 2 heterocycles. The van der Waals surface area contributed by atoms with Crippen molar-refractivity contribution in [3.63, 3.8) is 0 Å². The lowest BCUT2D eigenvalue weighted by Gasteiger charge is -2.13. The highest BCUT2D eigenvalue weighted by molar-refractivity contribution is 7.92. The number of aromatic nitrogens is 3. The fourth-order valence-corrected chi connectivity index (χ4v) is 3.73. The van der Waals surface area contributed by atoms with Gasteiger partial charge in [-0.2, -0.15) is 10.1 Å². The Hall–Kier alpha value is -3.11. The first kappa shape index (κ1) is 21.6. The first-order valence-electron chi connectivity index (χ1n) is 9.55. The Kier molecular flexibility index (Phi) is 7.26. The maximum Gasteiger partial charge on any atom is 0.262 e. The zero-order chi connectivity index (χ0) is 21.4. The molecule has 0 bridgehead atoms. The summed E-state index contributed by atoms with van der Waals surface area (Å²) in [5, 5.41) is 7.35. The van der Waals surface area contributed by atoms with E-state index >= 15 is 0 Å². The molecule has 0 spiro atoms. The van der Waals surface area contributed by atoms with Gasteiger partial charge in [-0.25, -0.2) is 13.1 Å². The maximum atomic E-state index is 12.8. The minimum absolute atomic E-state index is 0.114. The summed E-state index contributed by atoms with van der Waals surface area (Å²) < 4.78 is 40.5. The van der Waals surface area contributed by atoms with E-state index in [-0.39, 0.29) is 16.5 Å². The van der Waals surface area contributed by atoms with Crippen LogP contribution in [0.15, 0.2) is 59.8 Å². The summed E-state index contributed by atoms with van der Waals surface area (Å²) >= 11 is 0. The van der Waals surface area contributed by atoms with E-state index in [0.717, 1.165) is 18.7 Å². The van der Waals surface area contributed by atoms with Gasteiger partial charge >= 0.3 is 0 Å². The van der Waals surface area contributed by atoms with Gasteiger partial charge in [0, 0.05) is 25.0 Å². The molecule has 3 rings (SSSR count). The van der Waals surface area contributed by atoms with Crippen LogP contribution in [0, 0.1) is 0 Å². The molecule has 2 aromatic heterocycles. The summed E-state index contributed by atoms with van der Waals surface area (Å²) in [5.74, 6) is 0.488. The average Bonchev–Trinajstić information content (AvgIpc) is 3.29. The third-order valence-electron chi connectivity index (χ3n) is 4.14. The van der Waals surface area contributed by atoms with Crippen molar-refractivity contribution in [2.45, 2.75) is 18.2 Å². The number of hydrogen-bond acceptors (Lipinski definition) is 7. The van der Waals surface area contributed by atoms with Gasteiger partial charge in [0.05, 0.1) is 17.7 Å². The second-order valence-corrected chi connectivity index (χ2v) is 8.04. The minimum Gasteiger partial charge on any atom is -0.479 e. The molecule has 30 heavy (non-hydrogen) atoms. The van der Waals surface area contributed by atoms with E-state index in [2.05, 4.69) is 27.0 Å². The number of benzene rings is 1. The number of rotatable bonds is 11. The Balaban J connectivity index is 1.69. The molecule has 0 aliphatic carbocycles. The second kappa shape index (κ2) is 10.1. The summed E-state index contributed by atoms with van der Waals surface area (Å²) in [6.45, 7) is 4.15. The first-order valence-corrected chi connectivity index (χ1v) is 11.0. The van der Waals surface area contributed by atoms with Gasteiger partial charge < -0.3 is 14.8 Å². The van der Waals surface area contributed by atoms with Crippen molar-refractivity contribution in [3.05, 3.63) is 54.9 Å². The van der Waals surface area contributed by atoms with E-state index in [4.69, 9.17) is 9.47 Å². The van der Waals surface area contributed by atoms with E-state index in [1.807, 2.05) is 0 Å². The lowest BCUT2D eigenvalue weighted by atomic mass is 10.3. The summed E-state index contributed by atoms with van der Waals surface area (Å²) in [4.78, 5) is 4.34. The summed E-state index contributed by atoms with van der Waals surface area (Å²) in [7, 11) is -2.40.